The highest BCUT2D eigenvalue weighted by Crippen LogP contribution is 2.02. The van der Waals surface area contributed by atoms with Gasteiger partial charge in [0.1, 0.15) is 0 Å². The van der Waals surface area contributed by atoms with E-state index in [9.17, 15) is 0 Å². The van der Waals surface area contributed by atoms with Crippen molar-refractivity contribution in [2.24, 2.45) is 0 Å². The Bertz CT molecular complexity index is 148. The maximum atomic E-state index is 3.69. The highest BCUT2D eigenvalue weighted by atomic mass is 79.9. The molecule has 0 aromatic rings. The van der Waals surface area contributed by atoms with Gasteiger partial charge in [0.05, 0.1) is 0 Å². The van der Waals surface area contributed by atoms with E-state index in [1.165, 1.54) is 0 Å². The first-order valence-corrected chi connectivity index (χ1v) is 4.35. The molecule has 2 heteroatoms. The molecule has 0 unspecified atom stereocenters. The second kappa shape index (κ2) is 9.50. The minimum Gasteiger partial charge on any atom is -0.389 e. The lowest BCUT2D eigenvalue weighted by Gasteiger charge is -1.93. The van der Waals surface area contributed by atoms with Crippen LogP contribution in [0.2, 0.25) is 0 Å². The van der Waals surface area contributed by atoms with E-state index in [0.717, 1.165) is 10.2 Å². The number of allylic oxidation sites excluding steroid dienone is 3. The minimum absolute atomic E-state index is 0.846. The Balaban J connectivity index is 0. The lowest BCUT2D eigenvalue weighted by molar-refractivity contribution is 1.04. The first-order valence-electron chi connectivity index (χ1n) is 3.56. The molecular formula is C9H16BrN. The molecular weight excluding hydrogens is 202 g/mol. The fourth-order valence-electron chi connectivity index (χ4n) is 0.274. The van der Waals surface area contributed by atoms with E-state index in [2.05, 4.69) is 34.4 Å². The molecule has 11 heavy (non-hydrogen) atoms. The molecule has 0 heterocycles. The molecule has 0 amide bonds. The molecule has 0 spiro atoms. The van der Waals surface area contributed by atoms with Crippen molar-refractivity contribution in [1.29, 1.82) is 0 Å². The van der Waals surface area contributed by atoms with Crippen molar-refractivity contribution in [3.8, 4) is 0 Å². The quantitative estimate of drug-likeness (QED) is 0.717. The van der Waals surface area contributed by atoms with Crippen LogP contribution >= 0.6 is 15.9 Å². The molecule has 0 atom stereocenters. The number of likely N-dealkylation sites (N-methyl/N-ethyl adjacent to an activating group) is 1. The van der Waals surface area contributed by atoms with Gasteiger partial charge in [0.15, 0.2) is 0 Å². The summed E-state index contributed by atoms with van der Waals surface area (Å²) in [6.45, 7) is 11.3. The zero-order valence-corrected chi connectivity index (χ0v) is 9.03. The third-order valence-corrected chi connectivity index (χ3v) is 1.05. The van der Waals surface area contributed by atoms with Gasteiger partial charge in [-0.3, -0.25) is 0 Å². The van der Waals surface area contributed by atoms with Crippen molar-refractivity contribution in [1.82, 2.24) is 5.32 Å². The van der Waals surface area contributed by atoms with Crippen LogP contribution in [-0.4, -0.2) is 7.05 Å². The molecule has 0 radical (unpaired) electrons. The molecule has 0 aliphatic carbocycles. The minimum atomic E-state index is 0.846. The number of rotatable bonds is 3. The van der Waals surface area contributed by atoms with E-state index >= 15 is 0 Å². The highest BCUT2D eigenvalue weighted by Gasteiger charge is 1.78. The normalized spacial score (nSPS) is 8.36. The molecule has 0 saturated heterocycles. The molecule has 0 aliphatic rings. The summed E-state index contributed by atoms with van der Waals surface area (Å²) >= 11 is 3.18. The Morgan fingerprint density at radius 2 is 1.73 bits per heavy atom. The maximum Gasteiger partial charge on any atom is 0.0264 e. The summed E-state index contributed by atoms with van der Waals surface area (Å²) in [6.07, 6.45) is 3.68. The molecule has 1 N–H and O–H groups in total. The number of nitrogens with one attached hydrogen (secondary N) is 1. The molecule has 64 valence electrons. The Labute approximate surface area is 78.0 Å². The smallest absolute Gasteiger partial charge is 0.0264 e. The van der Waals surface area contributed by atoms with Gasteiger partial charge in [-0.05, 0) is 12.2 Å². The topological polar surface area (TPSA) is 12.0 Å². The van der Waals surface area contributed by atoms with Crippen LogP contribution in [0.5, 0.6) is 0 Å². The third-order valence-electron chi connectivity index (χ3n) is 0.786. The van der Waals surface area contributed by atoms with E-state index in [1.807, 2.05) is 33.0 Å². The van der Waals surface area contributed by atoms with Gasteiger partial charge in [-0.2, -0.15) is 0 Å². The van der Waals surface area contributed by atoms with Crippen molar-refractivity contribution < 1.29 is 0 Å². The summed E-state index contributed by atoms with van der Waals surface area (Å²) in [4.78, 5) is 0. The summed E-state index contributed by atoms with van der Waals surface area (Å²) in [7, 11) is 1.82. The lowest BCUT2D eigenvalue weighted by atomic mass is 10.4. The second-order valence-corrected chi connectivity index (χ2v) is 2.57. The summed E-state index contributed by atoms with van der Waals surface area (Å²) in [6, 6.07) is 0. The van der Waals surface area contributed by atoms with E-state index in [4.69, 9.17) is 0 Å². The van der Waals surface area contributed by atoms with Crippen molar-refractivity contribution in [2.75, 3.05) is 7.05 Å². The largest absolute Gasteiger partial charge is 0.389 e. The molecule has 0 aliphatic heterocycles. The van der Waals surface area contributed by atoms with Gasteiger partial charge in [-0.25, -0.2) is 0 Å². The van der Waals surface area contributed by atoms with Crippen LogP contribution in [0.15, 0.2) is 35.5 Å². The van der Waals surface area contributed by atoms with Crippen LogP contribution in [0.1, 0.15) is 13.8 Å². The van der Waals surface area contributed by atoms with E-state index in [1.54, 1.807) is 0 Å². The average Bonchev–Trinajstić information content (AvgIpc) is 2.04. The molecule has 0 bridgehead atoms. The van der Waals surface area contributed by atoms with Gasteiger partial charge in [-0.15, -0.1) is 0 Å². The molecule has 1 nitrogen and oxygen atoms in total. The van der Waals surface area contributed by atoms with Gasteiger partial charge in [0, 0.05) is 17.2 Å². The Morgan fingerprint density at radius 1 is 1.27 bits per heavy atom. The number of hydrogen-bond acceptors (Lipinski definition) is 1. The van der Waals surface area contributed by atoms with Crippen LogP contribution in [0.4, 0.5) is 0 Å². The van der Waals surface area contributed by atoms with Gasteiger partial charge in [0.2, 0.25) is 0 Å². The standard InChI is InChI=1S/C7H10BrN.C2H6/c1-6(8)4-5-7(2)9-3;1-2/h4-5,9H,1-2H2,3H3;1-2H3/b5-4-;. The van der Waals surface area contributed by atoms with Crippen molar-refractivity contribution in [2.45, 2.75) is 13.8 Å². The fourth-order valence-corrected chi connectivity index (χ4v) is 0.407. The van der Waals surface area contributed by atoms with Crippen molar-refractivity contribution >= 4 is 15.9 Å². The van der Waals surface area contributed by atoms with Crippen LogP contribution in [0, 0.1) is 0 Å². The lowest BCUT2D eigenvalue weighted by Crippen LogP contribution is -2.00. The van der Waals surface area contributed by atoms with Crippen LogP contribution < -0.4 is 5.32 Å². The van der Waals surface area contributed by atoms with Crippen LogP contribution in [0.3, 0.4) is 0 Å². The molecule has 0 fully saturated rings. The molecule has 0 rings (SSSR count). The Hall–Kier alpha value is -0.500. The van der Waals surface area contributed by atoms with Gasteiger partial charge in [-0.1, -0.05) is 42.9 Å². The third kappa shape index (κ3) is 12.6. The van der Waals surface area contributed by atoms with E-state index < -0.39 is 0 Å². The summed E-state index contributed by atoms with van der Waals surface area (Å²) < 4.78 is 0.846. The first kappa shape index (κ1) is 13.1. The van der Waals surface area contributed by atoms with E-state index in [-0.39, 0.29) is 0 Å². The SMILES string of the molecule is C=C(Br)/C=C\C(=C)NC.CC. The van der Waals surface area contributed by atoms with Crippen LogP contribution in [0.25, 0.3) is 0 Å². The zero-order chi connectivity index (χ0) is 9.28. The molecule has 0 saturated carbocycles. The number of hydrogen-bond donors (Lipinski definition) is 1. The predicted octanol–water partition coefficient (Wildman–Crippen LogP) is 3.21. The first-order chi connectivity index (χ1) is 5.16. The van der Waals surface area contributed by atoms with Gasteiger partial charge < -0.3 is 5.32 Å². The Kier molecular flexibility index (Phi) is 11.3. The second-order valence-electron chi connectivity index (χ2n) is 1.56. The highest BCUT2D eigenvalue weighted by molar-refractivity contribution is 9.11. The summed E-state index contributed by atoms with van der Waals surface area (Å²) in [5.74, 6) is 0. The average molecular weight is 218 g/mol. The summed E-state index contributed by atoms with van der Waals surface area (Å²) in [5.41, 5.74) is 0.871. The summed E-state index contributed by atoms with van der Waals surface area (Å²) in [5, 5.41) is 2.88. The van der Waals surface area contributed by atoms with E-state index in [0.29, 0.717) is 0 Å². The van der Waals surface area contributed by atoms with Gasteiger partial charge in [0.25, 0.3) is 0 Å². The maximum absolute atomic E-state index is 3.69. The molecule has 0 aromatic carbocycles. The van der Waals surface area contributed by atoms with Crippen LogP contribution in [-0.2, 0) is 0 Å². The van der Waals surface area contributed by atoms with Gasteiger partial charge >= 0.3 is 0 Å². The monoisotopic (exact) mass is 217 g/mol. The fraction of sp³-hybridized carbons (Fsp3) is 0.333. The zero-order valence-electron chi connectivity index (χ0n) is 7.45. The number of halogens is 1. The Morgan fingerprint density at radius 3 is 2.00 bits per heavy atom. The van der Waals surface area contributed by atoms with Crippen molar-refractivity contribution in [3.63, 3.8) is 0 Å². The predicted molar refractivity (Wildman–Crippen MR) is 56.8 cm³/mol. The van der Waals surface area contributed by atoms with Crippen molar-refractivity contribution in [3.05, 3.63) is 35.5 Å². The molecule has 0 aromatic heterocycles.